The molecule has 0 saturated carbocycles. The van der Waals surface area contributed by atoms with Gasteiger partial charge in [-0.1, -0.05) is 0 Å². The quantitative estimate of drug-likeness (QED) is 0.239. The topological polar surface area (TPSA) is 91.6 Å². The number of rotatable bonds is 5. The summed E-state index contributed by atoms with van der Waals surface area (Å²) in [5, 5.41) is 11.0. The molecule has 1 heterocycles. The molecule has 116 valence electrons. The molecule has 0 atom stereocenters. The Morgan fingerprint density at radius 3 is 2.62 bits per heavy atom. The zero-order valence-electron chi connectivity index (χ0n) is 10.4. The number of nitrogens with zero attached hydrogens (tertiary/aromatic N) is 2. The van der Waals surface area contributed by atoms with Gasteiger partial charge in [-0.15, -0.1) is 13.2 Å². The number of pyridine rings is 1. The number of carbonyl (C=O) groups excluding carboxylic acids is 1. The monoisotopic (exact) mass is 420 g/mol. The zero-order valence-corrected chi connectivity index (χ0v) is 12.6. The second-order valence-corrected chi connectivity index (χ2v) is 4.55. The van der Waals surface area contributed by atoms with Gasteiger partial charge in [0.25, 0.3) is 0 Å². The van der Waals surface area contributed by atoms with Crippen molar-refractivity contribution < 1.29 is 32.4 Å². The number of carbonyl (C=O) groups is 1. The summed E-state index contributed by atoms with van der Waals surface area (Å²) in [6.07, 6.45) is -5.10. The Morgan fingerprint density at radius 2 is 2.14 bits per heavy atom. The summed E-state index contributed by atoms with van der Waals surface area (Å²) in [5.74, 6) is -1.89. The van der Waals surface area contributed by atoms with Gasteiger partial charge < -0.3 is 9.47 Å². The number of hydrogen-bond acceptors (Lipinski definition) is 6. The molecule has 0 N–H and O–H groups in total. The lowest BCUT2D eigenvalue weighted by Gasteiger charge is -2.11. The summed E-state index contributed by atoms with van der Waals surface area (Å²) in [4.78, 5) is 24.9. The standard InChI is InChI=1S/C10H8F3IN2O5/c1-2-20-7(17)3-5-8(16(18)19)6(4-15-9(5)14)21-10(11,12)13/h4H,2-3H2,1H3. The molecule has 0 aromatic carbocycles. The fourth-order valence-corrected chi connectivity index (χ4v) is 2.00. The van der Waals surface area contributed by atoms with E-state index < -0.39 is 35.1 Å². The number of alkyl halides is 3. The molecule has 0 aliphatic rings. The Bertz CT molecular complexity index is 564. The van der Waals surface area contributed by atoms with Gasteiger partial charge in [0.1, 0.15) is 3.70 Å². The van der Waals surface area contributed by atoms with Crippen molar-refractivity contribution in [3.8, 4) is 5.75 Å². The lowest BCUT2D eigenvalue weighted by molar-refractivity contribution is -0.389. The molecule has 0 aliphatic heterocycles. The first-order valence-corrected chi connectivity index (χ1v) is 6.46. The average Bonchev–Trinajstić information content (AvgIpc) is 2.31. The third-order valence-electron chi connectivity index (χ3n) is 2.10. The van der Waals surface area contributed by atoms with Crippen LogP contribution in [0.2, 0.25) is 0 Å². The molecule has 0 bridgehead atoms. The third kappa shape index (κ3) is 4.99. The van der Waals surface area contributed by atoms with Gasteiger partial charge in [-0.2, -0.15) is 0 Å². The highest BCUT2D eigenvalue weighted by Gasteiger charge is 2.37. The van der Waals surface area contributed by atoms with Crippen LogP contribution >= 0.6 is 22.6 Å². The first-order valence-electron chi connectivity index (χ1n) is 5.38. The van der Waals surface area contributed by atoms with Crippen LogP contribution in [-0.2, 0) is 16.0 Å². The van der Waals surface area contributed by atoms with Gasteiger partial charge in [0.15, 0.2) is 0 Å². The Balaban J connectivity index is 3.30. The summed E-state index contributed by atoms with van der Waals surface area (Å²) in [6.45, 7) is 1.56. The Hall–Kier alpha value is -1.66. The Morgan fingerprint density at radius 1 is 1.52 bits per heavy atom. The van der Waals surface area contributed by atoms with Crippen LogP contribution in [-0.4, -0.2) is 28.8 Å². The first-order chi connectivity index (χ1) is 9.65. The maximum Gasteiger partial charge on any atom is 0.573 e. The van der Waals surface area contributed by atoms with Crippen LogP contribution in [0.25, 0.3) is 0 Å². The summed E-state index contributed by atoms with van der Waals surface area (Å²) >= 11 is 1.57. The number of halogens is 4. The maximum absolute atomic E-state index is 12.2. The second-order valence-electron chi connectivity index (χ2n) is 3.53. The minimum Gasteiger partial charge on any atom is -0.466 e. The predicted octanol–water partition coefficient (Wildman–Crippen LogP) is 2.60. The molecule has 0 saturated heterocycles. The fraction of sp³-hybridized carbons (Fsp3) is 0.400. The molecule has 0 amide bonds. The van der Waals surface area contributed by atoms with Crippen LogP contribution in [0.1, 0.15) is 12.5 Å². The molecule has 1 aromatic rings. The van der Waals surface area contributed by atoms with E-state index in [1.54, 1.807) is 22.6 Å². The van der Waals surface area contributed by atoms with E-state index in [9.17, 15) is 28.1 Å². The first kappa shape index (κ1) is 17.4. The highest BCUT2D eigenvalue weighted by Crippen LogP contribution is 2.36. The van der Waals surface area contributed by atoms with Gasteiger partial charge in [-0.3, -0.25) is 14.9 Å². The average molecular weight is 420 g/mol. The molecule has 1 rings (SSSR count). The van der Waals surface area contributed by atoms with E-state index in [1.165, 1.54) is 6.92 Å². The number of nitro groups is 1. The normalized spacial score (nSPS) is 11.1. The van der Waals surface area contributed by atoms with E-state index in [2.05, 4.69) is 14.5 Å². The maximum atomic E-state index is 12.2. The van der Waals surface area contributed by atoms with Crippen molar-refractivity contribution in [2.75, 3.05) is 6.61 Å². The third-order valence-corrected chi connectivity index (χ3v) is 3.03. The largest absolute Gasteiger partial charge is 0.573 e. The number of ether oxygens (including phenoxy) is 2. The van der Waals surface area contributed by atoms with Crippen molar-refractivity contribution in [2.45, 2.75) is 19.7 Å². The molecular weight excluding hydrogens is 412 g/mol. The van der Waals surface area contributed by atoms with Crippen LogP contribution in [0.3, 0.4) is 0 Å². The summed E-state index contributed by atoms with van der Waals surface area (Å²) < 4.78 is 44.9. The van der Waals surface area contributed by atoms with Crippen molar-refractivity contribution in [3.63, 3.8) is 0 Å². The summed E-state index contributed by atoms with van der Waals surface area (Å²) in [6, 6.07) is 0. The minimum atomic E-state index is -5.11. The molecule has 0 spiro atoms. The van der Waals surface area contributed by atoms with Gasteiger partial charge in [-0.25, -0.2) is 4.98 Å². The SMILES string of the molecule is CCOC(=O)Cc1c(I)ncc(OC(F)(F)F)c1[N+](=O)[O-]. The van der Waals surface area contributed by atoms with E-state index in [4.69, 9.17) is 0 Å². The highest BCUT2D eigenvalue weighted by atomic mass is 127. The van der Waals surface area contributed by atoms with Gasteiger partial charge >= 0.3 is 18.0 Å². The van der Waals surface area contributed by atoms with Crippen LogP contribution < -0.4 is 4.74 Å². The molecule has 1 aromatic heterocycles. The van der Waals surface area contributed by atoms with E-state index in [1.807, 2.05) is 0 Å². The van der Waals surface area contributed by atoms with Crippen molar-refractivity contribution in [3.05, 3.63) is 25.6 Å². The predicted molar refractivity (Wildman–Crippen MR) is 70.6 cm³/mol. The minimum absolute atomic E-state index is 0.0156. The van der Waals surface area contributed by atoms with E-state index in [-0.39, 0.29) is 15.9 Å². The van der Waals surface area contributed by atoms with Crippen LogP contribution in [0.15, 0.2) is 6.20 Å². The van der Waals surface area contributed by atoms with Gasteiger partial charge in [0, 0.05) is 0 Å². The van der Waals surface area contributed by atoms with Crippen molar-refractivity contribution in [2.24, 2.45) is 0 Å². The van der Waals surface area contributed by atoms with Crippen LogP contribution in [0.4, 0.5) is 18.9 Å². The van der Waals surface area contributed by atoms with E-state index in [0.29, 0.717) is 6.20 Å². The molecule has 0 fully saturated rings. The Kier molecular flexibility index (Phi) is 5.69. The van der Waals surface area contributed by atoms with Gasteiger partial charge in [-0.05, 0) is 29.5 Å². The molecular formula is C10H8F3IN2O5. The van der Waals surface area contributed by atoms with Gasteiger partial charge in [0.05, 0.1) is 29.7 Å². The van der Waals surface area contributed by atoms with Crippen LogP contribution in [0.5, 0.6) is 5.75 Å². The number of hydrogen-bond donors (Lipinski definition) is 0. The number of esters is 1. The van der Waals surface area contributed by atoms with Crippen molar-refractivity contribution in [1.29, 1.82) is 0 Å². The highest BCUT2D eigenvalue weighted by molar-refractivity contribution is 14.1. The lowest BCUT2D eigenvalue weighted by atomic mass is 10.1. The van der Waals surface area contributed by atoms with E-state index in [0.717, 1.165) is 0 Å². The molecule has 0 radical (unpaired) electrons. The second kappa shape index (κ2) is 6.87. The smallest absolute Gasteiger partial charge is 0.466 e. The summed E-state index contributed by atoms with van der Waals surface area (Å²) in [5.41, 5.74) is -1.25. The van der Waals surface area contributed by atoms with Gasteiger partial charge in [0.2, 0.25) is 5.75 Å². The van der Waals surface area contributed by atoms with Crippen LogP contribution in [0, 0.1) is 13.8 Å². The lowest BCUT2D eigenvalue weighted by Crippen LogP contribution is -2.19. The zero-order chi connectivity index (χ0) is 16.2. The molecule has 0 aliphatic carbocycles. The molecule has 11 heteroatoms. The molecule has 7 nitrogen and oxygen atoms in total. The fourth-order valence-electron chi connectivity index (χ4n) is 1.41. The Labute approximate surface area is 129 Å². The summed E-state index contributed by atoms with van der Waals surface area (Å²) in [7, 11) is 0. The van der Waals surface area contributed by atoms with Crippen molar-refractivity contribution in [1.82, 2.24) is 4.98 Å². The molecule has 21 heavy (non-hydrogen) atoms. The molecule has 0 unspecified atom stereocenters. The van der Waals surface area contributed by atoms with E-state index >= 15 is 0 Å². The number of aromatic nitrogens is 1. The van der Waals surface area contributed by atoms with Crippen molar-refractivity contribution >= 4 is 34.2 Å².